The van der Waals surface area contributed by atoms with Gasteiger partial charge in [-0.2, -0.15) is 0 Å². The summed E-state index contributed by atoms with van der Waals surface area (Å²) >= 11 is 9.52. The van der Waals surface area contributed by atoms with Crippen LogP contribution >= 0.6 is 27.5 Å². The number of amides is 1. The van der Waals surface area contributed by atoms with Gasteiger partial charge in [0, 0.05) is 49.9 Å². The highest BCUT2D eigenvalue weighted by Gasteiger charge is 2.24. The largest absolute Gasteiger partial charge is 0.448 e. The number of furan rings is 1. The van der Waals surface area contributed by atoms with Gasteiger partial charge in [0.05, 0.1) is 5.52 Å². The molecule has 0 aliphatic carbocycles. The predicted molar refractivity (Wildman–Crippen MR) is 101 cm³/mol. The van der Waals surface area contributed by atoms with Crippen LogP contribution < -0.4 is 0 Å². The summed E-state index contributed by atoms with van der Waals surface area (Å²) in [6.07, 6.45) is 0. The topological polar surface area (TPSA) is 52.5 Å². The molecule has 0 spiro atoms. The maximum atomic E-state index is 12.7. The molecule has 0 saturated carbocycles. The molecule has 0 atom stereocenters. The minimum atomic E-state index is 0.0138. The fourth-order valence-corrected chi connectivity index (χ4v) is 3.75. The number of aromatic nitrogens is 1. The average molecular weight is 423 g/mol. The monoisotopic (exact) mass is 421 g/mol. The summed E-state index contributed by atoms with van der Waals surface area (Å²) in [6.45, 7) is 3.88. The third kappa shape index (κ3) is 3.47. The maximum Gasteiger partial charge on any atom is 0.270 e. The molecule has 1 amide bonds. The van der Waals surface area contributed by atoms with E-state index in [9.17, 15) is 4.79 Å². The van der Waals surface area contributed by atoms with Gasteiger partial charge in [-0.25, -0.2) is 0 Å². The highest BCUT2D eigenvalue weighted by atomic mass is 79.9. The second-order valence-electron chi connectivity index (χ2n) is 6.17. The van der Waals surface area contributed by atoms with Gasteiger partial charge in [0.15, 0.2) is 10.3 Å². The summed E-state index contributed by atoms with van der Waals surface area (Å²) in [7, 11) is 0. The Morgan fingerprint density at radius 3 is 2.68 bits per heavy atom. The van der Waals surface area contributed by atoms with Crippen LogP contribution in [0.15, 0.2) is 45.5 Å². The first-order valence-corrected chi connectivity index (χ1v) is 9.30. The zero-order chi connectivity index (χ0) is 17.4. The fraction of sp³-hybridized carbons (Fsp3) is 0.278. The van der Waals surface area contributed by atoms with E-state index in [-0.39, 0.29) is 5.91 Å². The molecule has 1 aliphatic rings. The summed E-state index contributed by atoms with van der Waals surface area (Å²) in [5.74, 6) is 0.0138. The Morgan fingerprint density at radius 1 is 1.20 bits per heavy atom. The van der Waals surface area contributed by atoms with Crippen LogP contribution in [0.25, 0.3) is 11.1 Å². The number of hydrogen-bond acceptors (Lipinski definition) is 3. The van der Waals surface area contributed by atoms with Crippen LogP contribution in [0.2, 0.25) is 5.02 Å². The van der Waals surface area contributed by atoms with Gasteiger partial charge in [-0.1, -0.05) is 29.8 Å². The first-order valence-electron chi connectivity index (χ1n) is 8.13. The van der Waals surface area contributed by atoms with Gasteiger partial charge in [-0.3, -0.25) is 9.69 Å². The number of carbonyl (C=O) groups excluding carboxylic acids is 1. The number of fused-ring (bicyclic) bond motifs is 1. The van der Waals surface area contributed by atoms with Crippen LogP contribution in [0.1, 0.15) is 16.1 Å². The van der Waals surface area contributed by atoms with Crippen LogP contribution in [0.4, 0.5) is 0 Å². The van der Waals surface area contributed by atoms with Crippen molar-refractivity contribution in [1.29, 1.82) is 0 Å². The van der Waals surface area contributed by atoms with E-state index in [1.807, 2.05) is 35.2 Å². The third-order valence-corrected chi connectivity index (χ3v) is 5.28. The number of H-pyrrole nitrogens is 1. The minimum absolute atomic E-state index is 0.0138. The minimum Gasteiger partial charge on any atom is -0.448 e. The molecule has 1 aromatic carbocycles. The average Bonchev–Trinajstić information content (AvgIpc) is 3.14. The zero-order valence-electron chi connectivity index (χ0n) is 13.5. The number of rotatable bonds is 3. The number of halogens is 2. The van der Waals surface area contributed by atoms with E-state index in [0.717, 1.165) is 35.7 Å². The van der Waals surface area contributed by atoms with Crippen LogP contribution in [0.3, 0.4) is 0 Å². The Hall–Kier alpha value is -1.76. The highest BCUT2D eigenvalue weighted by Crippen LogP contribution is 2.24. The molecule has 0 bridgehead atoms. The van der Waals surface area contributed by atoms with Crippen molar-refractivity contribution < 1.29 is 9.21 Å². The van der Waals surface area contributed by atoms with Gasteiger partial charge in [-0.15, -0.1) is 0 Å². The second kappa shape index (κ2) is 6.86. The normalized spacial score (nSPS) is 15.8. The summed E-state index contributed by atoms with van der Waals surface area (Å²) in [5, 5.41) is 0.793. The lowest BCUT2D eigenvalue weighted by Gasteiger charge is -2.34. The van der Waals surface area contributed by atoms with Crippen molar-refractivity contribution >= 4 is 44.5 Å². The van der Waals surface area contributed by atoms with Crippen LogP contribution in [-0.2, 0) is 6.54 Å². The molecule has 25 heavy (non-hydrogen) atoms. The first kappa shape index (κ1) is 16.7. The maximum absolute atomic E-state index is 12.7. The third-order valence-electron chi connectivity index (χ3n) is 4.52. The van der Waals surface area contributed by atoms with E-state index in [2.05, 4.69) is 25.8 Å². The fourth-order valence-electron chi connectivity index (χ4n) is 3.15. The van der Waals surface area contributed by atoms with E-state index in [1.54, 1.807) is 6.07 Å². The molecule has 1 N–H and O–H groups in total. The molecule has 130 valence electrons. The van der Waals surface area contributed by atoms with Crippen molar-refractivity contribution in [3.63, 3.8) is 0 Å². The van der Waals surface area contributed by atoms with Crippen molar-refractivity contribution in [2.45, 2.75) is 6.54 Å². The lowest BCUT2D eigenvalue weighted by atomic mass is 10.2. The molecular formula is C18H17BrClN3O2. The molecular weight excluding hydrogens is 406 g/mol. The van der Waals surface area contributed by atoms with Crippen molar-refractivity contribution in [3.8, 4) is 0 Å². The van der Waals surface area contributed by atoms with Crippen molar-refractivity contribution in [1.82, 2.24) is 14.8 Å². The molecule has 0 radical (unpaired) electrons. The van der Waals surface area contributed by atoms with E-state index in [1.165, 1.54) is 0 Å². The Morgan fingerprint density at radius 2 is 1.96 bits per heavy atom. The van der Waals surface area contributed by atoms with E-state index < -0.39 is 0 Å². The molecule has 2 aromatic heterocycles. The van der Waals surface area contributed by atoms with Crippen molar-refractivity contribution in [2.24, 2.45) is 0 Å². The van der Waals surface area contributed by atoms with Gasteiger partial charge in [0.25, 0.3) is 5.91 Å². The Labute approximate surface area is 158 Å². The molecule has 7 heteroatoms. The van der Waals surface area contributed by atoms with E-state index in [4.69, 9.17) is 16.0 Å². The van der Waals surface area contributed by atoms with Gasteiger partial charge in [0.1, 0.15) is 5.69 Å². The van der Waals surface area contributed by atoms with Crippen molar-refractivity contribution in [3.05, 3.63) is 57.3 Å². The first-order chi connectivity index (χ1) is 12.1. The van der Waals surface area contributed by atoms with Gasteiger partial charge < -0.3 is 14.3 Å². The molecule has 1 saturated heterocycles. The number of aromatic amines is 1. The SMILES string of the molecule is O=C(c1cc2oc(Br)cc2[nH]1)N1CCN(Cc2ccccc2Cl)CC1. The zero-order valence-corrected chi connectivity index (χ0v) is 15.8. The lowest BCUT2D eigenvalue weighted by Crippen LogP contribution is -2.48. The molecule has 1 aliphatic heterocycles. The van der Waals surface area contributed by atoms with Gasteiger partial charge in [0.2, 0.25) is 0 Å². The number of piperazine rings is 1. The van der Waals surface area contributed by atoms with E-state index in [0.29, 0.717) is 29.0 Å². The predicted octanol–water partition coefficient (Wildman–Crippen LogP) is 4.13. The summed E-state index contributed by atoms with van der Waals surface area (Å²) in [6, 6.07) is 11.5. The summed E-state index contributed by atoms with van der Waals surface area (Å²) < 4.78 is 6.13. The number of hydrogen-bond donors (Lipinski definition) is 1. The number of nitrogens with zero attached hydrogens (tertiary/aromatic N) is 2. The smallest absolute Gasteiger partial charge is 0.270 e. The lowest BCUT2D eigenvalue weighted by molar-refractivity contribution is 0.0623. The molecule has 4 rings (SSSR count). The highest BCUT2D eigenvalue weighted by molar-refractivity contribution is 9.10. The van der Waals surface area contributed by atoms with Crippen LogP contribution in [0.5, 0.6) is 0 Å². The number of benzene rings is 1. The van der Waals surface area contributed by atoms with Crippen LogP contribution in [-0.4, -0.2) is 46.9 Å². The quantitative estimate of drug-likeness (QED) is 0.690. The molecule has 5 nitrogen and oxygen atoms in total. The Bertz CT molecular complexity index is 881. The Kier molecular flexibility index (Phi) is 4.58. The molecule has 3 aromatic rings. The number of nitrogens with one attached hydrogen (secondary N) is 1. The van der Waals surface area contributed by atoms with Crippen LogP contribution in [0, 0.1) is 0 Å². The second-order valence-corrected chi connectivity index (χ2v) is 7.36. The van der Waals surface area contributed by atoms with Gasteiger partial charge in [-0.05, 0) is 27.6 Å². The van der Waals surface area contributed by atoms with Crippen molar-refractivity contribution in [2.75, 3.05) is 26.2 Å². The standard InChI is InChI=1S/C18H17BrClN3O2/c19-17-10-14-16(25-17)9-15(21-14)18(24)23-7-5-22(6-8-23)11-12-3-1-2-4-13(12)20/h1-4,9-10,21H,5-8,11H2. The summed E-state index contributed by atoms with van der Waals surface area (Å²) in [4.78, 5) is 20.0. The van der Waals surface area contributed by atoms with Gasteiger partial charge >= 0.3 is 0 Å². The molecule has 1 fully saturated rings. The number of carbonyl (C=O) groups is 1. The Balaban J connectivity index is 1.38. The summed E-state index contributed by atoms with van der Waals surface area (Å²) in [5.41, 5.74) is 3.21. The molecule has 3 heterocycles. The molecule has 0 unspecified atom stereocenters. The van der Waals surface area contributed by atoms with E-state index >= 15 is 0 Å².